The number of hydrogen-bond donors (Lipinski definition) is 1. The van der Waals surface area contributed by atoms with E-state index in [-0.39, 0.29) is 0 Å². The SMILES string of the molecule is COc1ccc(CNCC2(C3CC3)CC2)cc1OC. The van der Waals surface area contributed by atoms with Crippen LogP contribution in [-0.4, -0.2) is 20.8 Å². The summed E-state index contributed by atoms with van der Waals surface area (Å²) in [7, 11) is 3.35. The highest BCUT2D eigenvalue weighted by Gasteiger charge is 2.53. The molecule has 0 aliphatic heterocycles. The minimum Gasteiger partial charge on any atom is -0.493 e. The van der Waals surface area contributed by atoms with Crippen molar-refractivity contribution in [3.05, 3.63) is 23.8 Å². The second-order valence-electron chi connectivity index (χ2n) is 5.93. The molecule has 0 saturated heterocycles. The van der Waals surface area contributed by atoms with E-state index in [4.69, 9.17) is 9.47 Å². The summed E-state index contributed by atoms with van der Waals surface area (Å²) < 4.78 is 10.6. The first-order valence-electron chi connectivity index (χ1n) is 7.19. The Morgan fingerprint density at radius 3 is 2.47 bits per heavy atom. The summed E-state index contributed by atoms with van der Waals surface area (Å²) in [6.07, 6.45) is 5.77. The predicted molar refractivity (Wildman–Crippen MR) is 75.6 cm³/mol. The zero-order valence-corrected chi connectivity index (χ0v) is 11.9. The van der Waals surface area contributed by atoms with Gasteiger partial charge in [-0.25, -0.2) is 0 Å². The standard InChI is InChI=1S/C16H23NO2/c1-18-14-6-3-12(9-15(14)19-2)10-17-11-16(7-8-16)13-4-5-13/h3,6,9,13,17H,4-5,7-8,10-11H2,1-2H3. The molecule has 0 aromatic heterocycles. The number of ether oxygens (including phenoxy) is 2. The lowest BCUT2D eigenvalue weighted by Gasteiger charge is -2.15. The molecule has 19 heavy (non-hydrogen) atoms. The maximum absolute atomic E-state index is 5.33. The topological polar surface area (TPSA) is 30.5 Å². The molecule has 2 aliphatic carbocycles. The minimum absolute atomic E-state index is 0.663. The van der Waals surface area contributed by atoms with Gasteiger partial charge in [-0.3, -0.25) is 0 Å². The Kier molecular flexibility index (Phi) is 3.40. The van der Waals surface area contributed by atoms with Crippen molar-refractivity contribution < 1.29 is 9.47 Å². The maximum atomic E-state index is 5.33. The van der Waals surface area contributed by atoms with Gasteiger partial charge in [0.05, 0.1) is 14.2 Å². The van der Waals surface area contributed by atoms with Crippen molar-refractivity contribution in [2.24, 2.45) is 11.3 Å². The molecule has 104 valence electrons. The normalized spacial score (nSPS) is 20.1. The molecular formula is C16H23NO2. The van der Waals surface area contributed by atoms with Gasteiger partial charge in [0.25, 0.3) is 0 Å². The Labute approximate surface area is 115 Å². The lowest BCUT2D eigenvalue weighted by molar-refractivity contribution is 0.354. The van der Waals surface area contributed by atoms with Crippen LogP contribution in [0, 0.1) is 11.3 Å². The molecule has 0 unspecified atom stereocenters. The predicted octanol–water partition coefficient (Wildman–Crippen LogP) is 2.98. The molecule has 0 atom stereocenters. The van der Waals surface area contributed by atoms with Crippen molar-refractivity contribution >= 4 is 0 Å². The zero-order valence-electron chi connectivity index (χ0n) is 11.9. The van der Waals surface area contributed by atoms with E-state index in [1.807, 2.05) is 6.07 Å². The van der Waals surface area contributed by atoms with Crippen molar-refractivity contribution in [1.82, 2.24) is 5.32 Å². The van der Waals surface area contributed by atoms with E-state index in [9.17, 15) is 0 Å². The van der Waals surface area contributed by atoms with E-state index in [0.29, 0.717) is 5.41 Å². The summed E-state index contributed by atoms with van der Waals surface area (Å²) in [6, 6.07) is 6.14. The lowest BCUT2D eigenvalue weighted by Crippen LogP contribution is -2.25. The summed E-state index contributed by atoms with van der Waals surface area (Å²) >= 11 is 0. The van der Waals surface area contributed by atoms with Crippen molar-refractivity contribution in [3.8, 4) is 11.5 Å². The molecule has 2 aliphatic rings. The summed E-state index contributed by atoms with van der Waals surface area (Å²) in [5.41, 5.74) is 1.92. The second-order valence-corrected chi connectivity index (χ2v) is 5.93. The van der Waals surface area contributed by atoms with Gasteiger partial charge < -0.3 is 14.8 Å². The van der Waals surface area contributed by atoms with Crippen LogP contribution in [0.2, 0.25) is 0 Å². The Morgan fingerprint density at radius 2 is 1.89 bits per heavy atom. The van der Waals surface area contributed by atoms with Crippen LogP contribution in [0.1, 0.15) is 31.2 Å². The average molecular weight is 261 g/mol. The molecule has 3 nitrogen and oxygen atoms in total. The van der Waals surface area contributed by atoms with Gasteiger partial charge in [-0.1, -0.05) is 6.07 Å². The van der Waals surface area contributed by atoms with Crippen molar-refractivity contribution in [3.63, 3.8) is 0 Å². The van der Waals surface area contributed by atoms with Gasteiger partial charge in [0, 0.05) is 13.1 Å². The van der Waals surface area contributed by atoms with Gasteiger partial charge in [-0.15, -0.1) is 0 Å². The summed E-state index contributed by atoms with van der Waals surface area (Å²) in [5.74, 6) is 2.62. The second kappa shape index (κ2) is 5.04. The van der Waals surface area contributed by atoms with Crippen molar-refractivity contribution in [2.75, 3.05) is 20.8 Å². The summed E-state index contributed by atoms with van der Waals surface area (Å²) in [5, 5.41) is 3.62. The van der Waals surface area contributed by atoms with E-state index < -0.39 is 0 Å². The monoisotopic (exact) mass is 261 g/mol. The fourth-order valence-corrected chi connectivity index (χ4v) is 3.03. The Hall–Kier alpha value is -1.22. The zero-order chi connectivity index (χ0) is 13.3. The number of hydrogen-bond acceptors (Lipinski definition) is 3. The molecule has 0 heterocycles. The van der Waals surface area contributed by atoms with Crippen LogP contribution in [0.3, 0.4) is 0 Å². The van der Waals surface area contributed by atoms with Crippen LogP contribution < -0.4 is 14.8 Å². The van der Waals surface area contributed by atoms with E-state index in [2.05, 4.69) is 17.4 Å². The Bertz CT molecular complexity index is 450. The van der Waals surface area contributed by atoms with E-state index in [1.54, 1.807) is 14.2 Å². The molecule has 2 fully saturated rings. The highest BCUT2D eigenvalue weighted by atomic mass is 16.5. The minimum atomic E-state index is 0.663. The average Bonchev–Trinajstić information content (AvgIpc) is 3.30. The number of nitrogens with one attached hydrogen (secondary N) is 1. The molecule has 3 rings (SSSR count). The third-order valence-corrected chi connectivity index (χ3v) is 4.59. The van der Waals surface area contributed by atoms with Gasteiger partial charge in [0.1, 0.15) is 0 Å². The van der Waals surface area contributed by atoms with Gasteiger partial charge in [0.15, 0.2) is 11.5 Å². The fourth-order valence-electron chi connectivity index (χ4n) is 3.03. The van der Waals surface area contributed by atoms with Crippen molar-refractivity contribution in [1.29, 1.82) is 0 Å². The van der Waals surface area contributed by atoms with Crippen LogP contribution >= 0.6 is 0 Å². The van der Waals surface area contributed by atoms with Crippen LogP contribution in [0.4, 0.5) is 0 Å². The van der Waals surface area contributed by atoms with Gasteiger partial charge >= 0.3 is 0 Å². The number of rotatable bonds is 7. The Balaban J connectivity index is 1.55. The quantitative estimate of drug-likeness (QED) is 0.818. The lowest BCUT2D eigenvalue weighted by atomic mass is 10.0. The molecule has 2 saturated carbocycles. The van der Waals surface area contributed by atoms with Crippen LogP contribution in [0.5, 0.6) is 11.5 Å². The molecule has 1 aromatic carbocycles. The molecule has 1 aromatic rings. The fraction of sp³-hybridized carbons (Fsp3) is 0.625. The van der Waals surface area contributed by atoms with Crippen molar-refractivity contribution in [2.45, 2.75) is 32.2 Å². The van der Waals surface area contributed by atoms with Crippen LogP contribution in [0.25, 0.3) is 0 Å². The van der Waals surface area contributed by atoms with Crippen LogP contribution in [0.15, 0.2) is 18.2 Å². The molecule has 0 radical (unpaired) electrons. The largest absolute Gasteiger partial charge is 0.493 e. The number of benzene rings is 1. The molecule has 3 heteroatoms. The highest BCUT2D eigenvalue weighted by Crippen LogP contribution is 2.60. The van der Waals surface area contributed by atoms with Gasteiger partial charge in [-0.05, 0) is 54.7 Å². The first kappa shape index (κ1) is 12.8. The van der Waals surface area contributed by atoms with Crippen LogP contribution in [-0.2, 0) is 6.54 Å². The molecule has 1 N–H and O–H groups in total. The smallest absolute Gasteiger partial charge is 0.161 e. The highest BCUT2D eigenvalue weighted by molar-refractivity contribution is 5.42. The third-order valence-electron chi connectivity index (χ3n) is 4.59. The molecule has 0 amide bonds. The first-order valence-corrected chi connectivity index (χ1v) is 7.19. The maximum Gasteiger partial charge on any atom is 0.161 e. The van der Waals surface area contributed by atoms with Gasteiger partial charge in [0.2, 0.25) is 0 Å². The molecule has 0 spiro atoms. The summed E-state index contributed by atoms with van der Waals surface area (Å²) in [6.45, 7) is 2.08. The van der Waals surface area contributed by atoms with E-state index >= 15 is 0 Å². The first-order chi connectivity index (χ1) is 9.27. The van der Waals surface area contributed by atoms with E-state index in [0.717, 1.165) is 24.0 Å². The Morgan fingerprint density at radius 1 is 1.16 bits per heavy atom. The van der Waals surface area contributed by atoms with Gasteiger partial charge in [-0.2, -0.15) is 0 Å². The molecular weight excluding hydrogens is 238 g/mol. The summed E-state index contributed by atoms with van der Waals surface area (Å²) in [4.78, 5) is 0. The number of methoxy groups -OCH3 is 2. The third kappa shape index (κ3) is 2.71. The molecule has 0 bridgehead atoms. The van der Waals surface area contributed by atoms with E-state index in [1.165, 1.54) is 37.8 Å².